The predicted octanol–water partition coefficient (Wildman–Crippen LogP) is 2.39. The van der Waals surface area contributed by atoms with Gasteiger partial charge in [0.1, 0.15) is 11.5 Å². The molecule has 23 heavy (non-hydrogen) atoms. The quantitative estimate of drug-likeness (QED) is 0.870. The molecule has 0 aliphatic heterocycles. The van der Waals surface area contributed by atoms with Gasteiger partial charge in [-0.25, -0.2) is 0 Å². The van der Waals surface area contributed by atoms with Crippen molar-refractivity contribution in [2.45, 2.75) is 19.3 Å². The van der Waals surface area contributed by atoms with Gasteiger partial charge in [-0.05, 0) is 43.2 Å². The number of carbonyl (C=O) groups is 2. The Labute approximate surface area is 134 Å². The molecule has 2 aliphatic carbocycles. The number of ether oxygens (including phenoxy) is 2. The van der Waals surface area contributed by atoms with E-state index in [-0.39, 0.29) is 17.7 Å². The fraction of sp³-hybridized carbons (Fsp3) is 0.529. The van der Waals surface area contributed by atoms with E-state index in [1.54, 1.807) is 25.3 Å². The molecule has 124 valence electrons. The van der Waals surface area contributed by atoms with Gasteiger partial charge in [0.15, 0.2) is 0 Å². The number of carboxylic acids is 1. The van der Waals surface area contributed by atoms with E-state index in [2.05, 4.69) is 5.32 Å². The summed E-state index contributed by atoms with van der Waals surface area (Å²) in [7, 11) is 3.07. The summed E-state index contributed by atoms with van der Waals surface area (Å²) >= 11 is 0. The molecule has 6 nitrogen and oxygen atoms in total. The monoisotopic (exact) mass is 319 g/mol. The van der Waals surface area contributed by atoms with E-state index >= 15 is 0 Å². The number of fused-ring (bicyclic) bond motifs is 2. The largest absolute Gasteiger partial charge is 0.497 e. The Hall–Kier alpha value is -2.24. The number of rotatable bonds is 5. The summed E-state index contributed by atoms with van der Waals surface area (Å²) in [4.78, 5) is 24.2. The molecule has 1 amide bonds. The maximum Gasteiger partial charge on any atom is 0.307 e. The molecule has 3 rings (SSSR count). The number of methoxy groups -OCH3 is 2. The highest BCUT2D eigenvalue weighted by Gasteiger charge is 2.54. The molecule has 2 bridgehead atoms. The Morgan fingerprint density at radius 3 is 2.43 bits per heavy atom. The van der Waals surface area contributed by atoms with E-state index in [9.17, 15) is 14.7 Å². The summed E-state index contributed by atoms with van der Waals surface area (Å²) < 4.78 is 10.4. The Morgan fingerprint density at radius 1 is 1.13 bits per heavy atom. The number of carbonyl (C=O) groups excluding carboxylic acids is 1. The molecular formula is C17H21NO5. The van der Waals surface area contributed by atoms with Gasteiger partial charge >= 0.3 is 5.97 Å². The summed E-state index contributed by atoms with van der Waals surface area (Å²) in [6.07, 6.45) is 2.69. The highest BCUT2D eigenvalue weighted by Crippen LogP contribution is 2.52. The fourth-order valence-corrected chi connectivity index (χ4v) is 4.14. The lowest BCUT2D eigenvalue weighted by atomic mass is 9.78. The van der Waals surface area contributed by atoms with Crippen LogP contribution < -0.4 is 14.8 Å². The van der Waals surface area contributed by atoms with Crippen LogP contribution in [0.3, 0.4) is 0 Å². The second kappa shape index (κ2) is 6.10. The Morgan fingerprint density at radius 2 is 1.83 bits per heavy atom. The van der Waals surface area contributed by atoms with Gasteiger partial charge in [-0.2, -0.15) is 0 Å². The number of aliphatic carboxylic acids is 1. The van der Waals surface area contributed by atoms with Crippen LogP contribution in [0.2, 0.25) is 0 Å². The topological polar surface area (TPSA) is 84.9 Å². The molecule has 0 aromatic heterocycles. The third-order valence-corrected chi connectivity index (χ3v) is 5.17. The number of nitrogens with one attached hydrogen (secondary N) is 1. The number of carboxylic acid groups (broad SMARTS) is 1. The first-order valence-electron chi connectivity index (χ1n) is 7.80. The standard InChI is InChI=1S/C17H21NO5/c1-22-11-5-6-12(13(8-11)23-2)18-16(19)14-9-3-4-10(7-9)15(14)17(20)21/h5-6,8-10,14-15H,3-4,7H2,1-2H3,(H,18,19)(H,20,21)/t9-,10-,14-,15-/m1/s1. The third kappa shape index (κ3) is 2.73. The molecule has 0 spiro atoms. The van der Waals surface area contributed by atoms with Crippen molar-refractivity contribution in [2.24, 2.45) is 23.7 Å². The molecule has 2 aliphatic rings. The highest BCUT2D eigenvalue weighted by atomic mass is 16.5. The molecule has 0 unspecified atom stereocenters. The van der Waals surface area contributed by atoms with Crippen LogP contribution in [0.1, 0.15) is 19.3 Å². The van der Waals surface area contributed by atoms with Crippen molar-refractivity contribution < 1.29 is 24.2 Å². The van der Waals surface area contributed by atoms with Crippen molar-refractivity contribution in [3.8, 4) is 11.5 Å². The normalized spacial score (nSPS) is 28.4. The summed E-state index contributed by atoms with van der Waals surface area (Å²) in [6, 6.07) is 5.12. The second-order valence-electron chi connectivity index (χ2n) is 6.28. The van der Waals surface area contributed by atoms with E-state index in [0.717, 1.165) is 19.3 Å². The van der Waals surface area contributed by atoms with Crippen LogP contribution in [0.25, 0.3) is 0 Å². The highest BCUT2D eigenvalue weighted by molar-refractivity contribution is 5.97. The SMILES string of the molecule is COc1ccc(NC(=O)[C@@H]2[C@@H]3CC[C@H](C3)[C@H]2C(=O)O)c(OC)c1. The van der Waals surface area contributed by atoms with E-state index < -0.39 is 17.8 Å². The van der Waals surface area contributed by atoms with Crippen LogP contribution in [0.15, 0.2) is 18.2 Å². The molecule has 1 aromatic rings. The smallest absolute Gasteiger partial charge is 0.307 e. The molecule has 0 radical (unpaired) electrons. The van der Waals surface area contributed by atoms with E-state index in [4.69, 9.17) is 9.47 Å². The summed E-state index contributed by atoms with van der Waals surface area (Å²) in [6.45, 7) is 0. The summed E-state index contributed by atoms with van der Waals surface area (Å²) in [5.74, 6) is -0.699. The zero-order valence-electron chi connectivity index (χ0n) is 13.2. The molecule has 6 heteroatoms. The van der Waals surface area contributed by atoms with Crippen LogP contribution in [-0.4, -0.2) is 31.2 Å². The van der Waals surface area contributed by atoms with Gasteiger partial charge in [-0.15, -0.1) is 0 Å². The van der Waals surface area contributed by atoms with Crippen LogP contribution in [-0.2, 0) is 9.59 Å². The Bertz CT molecular complexity index is 629. The van der Waals surface area contributed by atoms with E-state index in [1.165, 1.54) is 7.11 Å². The van der Waals surface area contributed by atoms with Crippen molar-refractivity contribution in [1.82, 2.24) is 0 Å². The van der Waals surface area contributed by atoms with Gasteiger partial charge in [0.05, 0.1) is 31.7 Å². The lowest BCUT2D eigenvalue weighted by Gasteiger charge is -2.27. The molecule has 0 saturated heterocycles. The predicted molar refractivity (Wildman–Crippen MR) is 83.6 cm³/mol. The van der Waals surface area contributed by atoms with Crippen molar-refractivity contribution >= 4 is 17.6 Å². The summed E-state index contributed by atoms with van der Waals surface area (Å²) in [5, 5.41) is 12.3. The lowest BCUT2D eigenvalue weighted by Crippen LogP contribution is -2.37. The molecule has 1 aromatic carbocycles. The first-order valence-corrected chi connectivity index (χ1v) is 7.80. The molecule has 2 saturated carbocycles. The lowest BCUT2D eigenvalue weighted by molar-refractivity contribution is -0.148. The Kier molecular flexibility index (Phi) is 4.15. The van der Waals surface area contributed by atoms with E-state index in [1.807, 2.05) is 0 Å². The average molecular weight is 319 g/mol. The van der Waals surface area contributed by atoms with Crippen LogP contribution in [0.4, 0.5) is 5.69 Å². The Balaban J connectivity index is 1.80. The number of hydrogen-bond acceptors (Lipinski definition) is 4. The van der Waals surface area contributed by atoms with Crippen LogP contribution in [0, 0.1) is 23.7 Å². The number of hydrogen-bond donors (Lipinski definition) is 2. The number of benzene rings is 1. The third-order valence-electron chi connectivity index (χ3n) is 5.17. The van der Waals surface area contributed by atoms with Gasteiger partial charge in [0, 0.05) is 6.07 Å². The van der Waals surface area contributed by atoms with E-state index in [0.29, 0.717) is 17.2 Å². The zero-order valence-corrected chi connectivity index (χ0v) is 13.2. The maximum atomic E-state index is 12.7. The molecule has 2 N–H and O–H groups in total. The zero-order chi connectivity index (χ0) is 16.6. The second-order valence-corrected chi connectivity index (χ2v) is 6.28. The minimum atomic E-state index is -0.862. The van der Waals surface area contributed by atoms with Crippen molar-refractivity contribution in [3.05, 3.63) is 18.2 Å². The minimum absolute atomic E-state index is 0.131. The van der Waals surface area contributed by atoms with Gasteiger partial charge < -0.3 is 19.9 Å². The molecular weight excluding hydrogens is 298 g/mol. The van der Waals surface area contributed by atoms with Gasteiger partial charge in [-0.1, -0.05) is 0 Å². The first-order chi connectivity index (χ1) is 11.0. The fourth-order valence-electron chi connectivity index (χ4n) is 4.14. The summed E-state index contributed by atoms with van der Waals surface area (Å²) in [5.41, 5.74) is 0.533. The first kappa shape index (κ1) is 15.6. The molecule has 4 atom stereocenters. The number of amides is 1. The van der Waals surface area contributed by atoms with Gasteiger partial charge in [-0.3, -0.25) is 9.59 Å². The molecule has 0 heterocycles. The van der Waals surface area contributed by atoms with Crippen molar-refractivity contribution in [1.29, 1.82) is 0 Å². The van der Waals surface area contributed by atoms with Crippen LogP contribution in [0.5, 0.6) is 11.5 Å². The van der Waals surface area contributed by atoms with Crippen molar-refractivity contribution in [3.63, 3.8) is 0 Å². The average Bonchev–Trinajstić information content (AvgIpc) is 3.16. The van der Waals surface area contributed by atoms with Crippen molar-refractivity contribution in [2.75, 3.05) is 19.5 Å². The number of anilines is 1. The molecule has 2 fully saturated rings. The minimum Gasteiger partial charge on any atom is -0.497 e. The van der Waals surface area contributed by atoms with Gasteiger partial charge in [0.25, 0.3) is 0 Å². The van der Waals surface area contributed by atoms with Gasteiger partial charge in [0.2, 0.25) is 5.91 Å². The maximum absolute atomic E-state index is 12.7. The van der Waals surface area contributed by atoms with Crippen LogP contribution >= 0.6 is 0 Å².